The first kappa shape index (κ1) is 16.4. The summed E-state index contributed by atoms with van der Waals surface area (Å²) >= 11 is 5.63. The highest BCUT2D eigenvalue weighted by Gasteiger charge is 2.08. The largest absolute Gasteiger partial charge is 0.461 e. The van der Waals surface area contributed by atoms with Crippen molar-refractivity contribution in [2.45, 2.75) is 27.7 Å². The van der Waals surface area contributed by atoms with E-state index in [0.29, 0.717) is 0 Å². The molecule has 5 heteroatoms. The van der Waals surface area contributed by atoms with E-state index in [0.717, 1.165) is 11.3 Å². The van der Waals surface area contributed by atoms with E-state index in [4.69, 9.17) is 11.6 Å². The van der Waals surface area contributed by atoms with Crippen LogP contribution in [0, 0.1) is 6.92 Å². The molecule has 0 aromatic heterocycles. The average molecular weight is 271 g/mol. The number of carbonyl (C=O) groups excluding carboxylic acids is 1. The normalized spacial score (nSPS) is 10.2. The second-order valence-corrected chi connectivity index (χ2v) is 3.41. The molecule has 0 saturated heterocycles. The minimum atomic E-state index is -0.634. The van der Waals surface area contributed by atoms with Crippen molar-refractivity contribution >= 4 is 28.4 Å². The summed E-state index contributed by atoms with van der Waals surface area (Å²) in [7, 11) is 0. The predicted octanol–water partition coefficient (Wildman–Crippen LogP) is 3.55. The molecule has 0 saturated carbocycles. The molecule has 0 atom stereocenters. The van der Waals surface area contributed by atoms with Gasteiger partial charge < -0.3 is 4.74 Å². The number of halogens is 1. The third-order valence-corrected chi connectivity index (χ3v) is 2.10. The SMILES string of the molecule is CC.CCOC(=O)/C(Cl)=N/Nc1ccccc1C. The van der Waals surface area contributed by atoms with Crippen LogP contribution in [0.4, 0.5) is 5.69 Å². The van der Waals surface area contributed by atoms with Crippen LogP contribution in [0.5, 0.6) is 0 Å². The number of nitrogens with one attached hydrogen (secondary N) is 1. The van der Waals surface area contributed by atoms with E-state index in [1.807, 2.05) is 45.0 Å². The molecule has 1 rings (SSSR count). The van der Waals surface area contributed by atoms with Crippen LogP contribution in [0.25, 0.3) is 0 Å². The van der Waals surface area contributed by atoms with E-state index in [1.165, 1.54) is 0 Å². The lowest BCUT2D eigenvalue weighted by atomic mass is 10.2. The Morgan fingerprint density at radius 3 is 2.56 bits per heavy atom. The number of esters is 1. The summed E-state index contributed by atoms with van der Waals surface area (Å²) in [6, 6.07) is 7.55. The van der Waals surface area contributed by atoms with Crippen molar-refractivity contribution in [2.75, 3.05) is 12.0 Å². The zero-order valence-electron chi connectivity index (χ0n) is 11.2. The molecule has 0 aliphatic heterocycles. The third-order valence-electron chi connectivity index (χ3n) is 1.86. The molecule has 100 valence electrons. The van der Waals surface area contributed by atoms with Gasteiger partial charge >= 0.3 is 5.97 Å². The van der Waals surface area contributed by atoms with Crippen molar-refractivity contribution in [2.24, 2.45) is 5.10 Å². The van der Waals surface area contributed by atoms with Crippen molar-refractivity contribution in [3.63, 3.8) is 0 Å². The number of para-hydroxylation sites is 1. The summed E-state index contributed by atoms with van der Waals surface area (Å²) in [6.07, 6.45) is 0. The summed E-state index contributed by atoms with van der Waals surface area (Å²) in [4.78, 5) is 11.1. The van der Waals surface area contributed by atoms with Crippen LogP contribution in [0.3, 0.4) is 0 Å². The van der Waals surface area contributed by atoms with Crippen molar-refractivity contribution in [1.82, 2.24) is 0 Å². The molecule has 0 amide bonds. The Hall–Kier alpha value is -1.55. The number of carbonyl (C=O) groups is 1. The summed E-state index contributed by atoms with van der Waals surface area (Å²) < 4.78 is 4.68. The zero-order chi connectivity index (χ0) is 14.0. The van der Waals surface area contributed by atoms with Gasteiger partial charge in [-0.1, -0.05) is 43.6 Å². The Labute approximate surface area is 113 Å². The molecule has 18 heavy (non-hydrogen) atoms. The molecule has 4 nitrogen and oxygen atoms in total. The van der Waals surface area contributed by atoms with Crippen LogP contribution >= 0.6 is 11.6 Å². The molecule has 1 N–H and O–H groups in total. The molecular weight excluding hydrogens is 252 g/mol. The third kappa shape index (κ3) is 5.68. The summed E-state index contributed by atoms with van der Waals surface area (Å²) in [5.74, 6) is -0.634. The summed E-state index contributed by atoms with van der Waals surface area (Å²) in [5.41, 5.74) is 4.52. The number of ether oxygens (including phenoxy) is 1. The van der Waals surface area contributed by atoms with Crippen molar-refractivity contribution in [3.05, 3.63) is 29.8 Å². The Morgan fingerprint density at radius 2 is 2.00 bits per heavy atom. The minimum Gasteiger partial charge on any atom is -0.461 e. The van der Waals surface area contributed by atoms with Crippen molar-refractivity contribution in [1.29, 1.82) is 0 Å². The lowest BCUT2D eigenvalue weighted by molar-refractivity contribution is -0.134. The van der Waals surface area contributed by atoms with E-state index < -0.39 is 5.97 Å². The molecule has 0 fully saturated rings. The fourth-order valence-corrected chi connectivity index (χ4v) is 1.14. The first-order valence-corrected chi connectivity index (χ1v) is 6.25. The Bertz CT molecular complexity index is 406. The lowest BCUT2D eigenvalue weighted by Crippen LogP contribution is -2.13. The highest BCUT2D eigenvalue weighted by atomic mass is 35.5. The number of anilines is 1. The van der Waals surface area contributed by atoms with Crippen LogP contribution in [0.1, 0.15) is 26.3 Å². The van der Waals surface area contributed by atoms with Crippen LogP contribution in [-0.2, 0) is 9.53 Å². The standard InChI is InChI=1S/C11H13ClN2O2.C2H6/c1-3-16-11(15)10(12)14-13-9-7-5-4-6-8(9)2;1-2/h4-7,13H,3H2,1-2H3;1-2H3/b14-10-;. The fourth-order valence-electron chi connectivity index (χ4n) is 1.04. The van der Waals surface area contributed by atoms with Gasteiger partial charge in [-0.15, -0.1) is 0 Å². The van der Waals surface area contributed by atoms with E-state index in [1.54, 1.807) is 6.92 Å². The Morgan fingerprint density at radius 1 is 1.39 bits per heavy atom. The number of hydrogen-bond acceptors (Lipinski definition) is 4. The van der Waals surface area contributed by atoms with Gasteiger partial charge in [-0.05, 0) is 25.5 Å². The maximum atomic E-state index is 11.1. The Balaban J connectivity index is 0.00000137. The highest BCUT2D eigenvalue weighted by molar-refractivity contribution is 6.82. The fraction of sp³-hybridized carbons (Fsp3) is 0.385. The number of nitrogens with zero attached hydrogens (tertiary/aromatic N) is 1. The van der Waals surface area contributed by atoms with Gasteiger partial charge in [-0.3, -0.25) is 5.43 Å². The van der Waals surface area contributed by atoms with E-state index in [2.05, 4.69) is 15.3 Å². The van der Waals surface area contributed by atoms with Gasteiger partial charge in [0, 0.05) is 0 Å². The van der Waals surface area contributed by atoms with Crippen LogP contribution < -0.4 is 5.43 Å². The number of rotatable bonds is 4. The minimum absolute atomic E-state index is 0.217. The number of hydrogen-bond donors (Lipinski definition) is 1. The smallest absolute Gasteiger partial charge is 0.370 e. The zero-order valence-corrected chi connectivity index (χ0v) is 11.9. The molecule has 0 radical (unpaired) electrons. The van der Waals surface area contributed by atoms with Crippen molar-refractivity contribution < 1.29 is 9.53 Å². The quantitative estimate of drug-likeness (QED) is 0.517. The molecule has 0 bridgehead atoms. The van der Waals surface area contributed by atoms with Gasteiger partial charge in [0.05, 0.1) is 12.3 Å². The van der Waals surface area contributed by atoms with E-state index in [9.17, 15) is 4.79 Å². The molecule has 1 aromatic carbocycles. The predicted molar refractivity (Wildman–Crippen MR) is 76.1 cm³/mol. The Kier molecular flexibility index (Phi) is 8.66. The molecule has 1 aromatic rings. The maximum absolute atomic E-state index is 11.1. The van der Waals surface area contributed by atoms with Gasteiger partial charge in [0.25, 0.3) is 0 Å². The summed E-state index contributed by atoms with van der Waals surface area (Å²) in [5, 5.41) is 3.51. The first-order valence-electron chi connectivity index (χ1n) is 5.87. The molecule has 0 heterocycles. The molecule has 0 spiro atoms. The van der Waals surface area contributed by atoms with Crippen LogP contribution in [-0.4, -0.2) is 17.7 Å². The topological polar surface area (TPSA) is 50.7 Å². The second kappa shape index (κ2) is 9.48. The van der Waals surface area contributed by atoms with Crippen molar-refractivity contribution in [3.8, 4) is 0 Å². The number of aryl methyl sites for hydroxylation is 1. The molecule has 0 aliphatic rings. The first-order chi connectivity index (χ1) is 8.65. The van der Waals surface area contributed by atoms with E-state index in [-0.39, 0.29) is 11.8 Å². The second-order valence-electron chi connectivity index (χ2n) is 3.05. The highest BCUT2D eigenvalue weighted by Crippen LogP contribution is 2.13. The maximum Gasteiger partial charge on any atom is 0.370 e. The van der Waals surface area contributed by atoms with E-state index >= 15 is 0 Å². The lowest BCUT2D eigenvalue weighted by Gasteiger charge is -2.04. The van der Waals surface area contributed by atoms with Gasteiger partial charge in [-0.2, -0.15) is 5.10 Å². The van der Waals surface area contributed by atoms with Crippen LogP contribution in [0.2, 0.25) is 0 Å². The van der Waals surface area contributed by atoms with Crippen LogP contribution in [0.15, 0.2) is 29.4 Å². The van der Waals surface area contributed by atoms with Gasteiger partial charge in [0.15, 0.2) is 0 Å². The molecule has 0 unspecified atom stereocenters. The summed E-state index contributed by atoms with van der Waals surface area (Å²) in [6.45, 7) is 7.90. The number of hydrazone groups is 1. The monoisotopic (exact) mass is 270 g/mol. The van der Waals surface area contributed by atoms with Gasteiger partial charge in [-0.25, -0.2) is 4.79 Å². The molecule has 0 aliphatic carbocycles. The van der Waals surface area contributed by atoms with Gasteiger partial charge in [0.1, 0.15) is 0 Å². The van der Waals surface area contributed by atoms with Gasteiger partial charge in [0.2, 0.25) is 5.17 Å². The average Bonchev–Trinajstić information content (AvgIpc) is 2.40. The number of benzene rings is 1. The molecular formula is C13H19ClN2O2.